The van der Waals surface area contributed by atoms with Crippen LogP contribution in [0.3, 0.4) is 0 Å². The Morgan fingerprint density at radius 3 is 2.50 bits per heavy atom. The lowest BCUT2D eigenvalue weighted by atomic mass is 10.1. The van der Waals surface area contributed by atoms with Crippen molar-refractivity contribution in [1.29, 1.82) is 0 Å². The molecule has 0 bridgehead atoms. The molecule has 1 aromatic rings. The van der Waals surface area contributed by atoms with Gasteiger partial charge in [0, 0.05) is 18.3 Å². The molecule has 0 aliphatic carbocycles. The number of hydrogen-bond donors (Lipinski definition) is 4. The fourth-order valence-corrected chi connectivity index (χ4v) is 1.33. The summed E-state index contributed by atoms with van der Waals surface area (Å²) in [5, 5.41) is 10.1. The third-order valence-corrected chi connectivity index (χ3v) is 2.16. The average molecular weight is 283 g/mol. The van der Waals surface area contributed by atoms with Crippen molar-refractivity contribution < 1.29 is 27.9 Å². The van der Waals surface area contributed by atoms with Crippen molar-refractivity contribution in [2.45, 2.75) is 18.6 Å². The van der Waals surface area contributed by atoms with Crippen LogP contribution in [0.4, 0.5) is 13.2 Å². The van der Waals surface area contributed by atoms with Gasteiger partial charge < -0.3 is 20.4 Å². The van der Waals surface area contributed by atoms with Gasteiger partial charge in [-0.25, -0.2) is 4.79 Å². The van der Waals surface area contributed by atoms with Crippen molar-refractivity contribution in [3.63, 3.8) is 0 Å². The maximum atomic E-state index is 12.0. The summed E-state index contributed by atoms with van der Waals surface area (Å²) in [6.45, 7) is 0. The van der Waals surface area contributed by atoms with Crippen LogP contribution in [0, 0.1) is 4.77 Å². The van der Waals surface area contributed by atoms with Crippen molar-refractivity contribution in [3.8, 4) is 0 Å². The van der Waals surface area contributed by atoms with Crippen LogP contribution < -0.4 is 5.32 Å². The molecule has 0 radical (unpaired) electrons. The van der Waals surface area contributed by atoms with Crippen molar-refractivity contribution >= 4 is 24.1 Å². The van der Waals surface area contributed by atoms with Crippen molar-refractivity contribution in [3.05, 3.63) is 16.7 Å². The van der Waals surface area contributed by atoms with Crippen molar-refractivity contribution in [2.75, 3.05) is 0 Å². The molecule has 1 atom stereocenters. The molecule has 10 heteroatoms. The zero-order chi connectivity index (χ0) is 13.9. The second kappa shape index (κ2) is 5.21. The third kappa shape index (κ3) is 3.87. The number of nitrogens with one attached hydrogen (secondary N) is 3. The Kier molecular flexibility index (Phi) is 4.11. The number of halogens is 3. The summed E-state index contributed by atoms with van der Waals surface area (Å²) in [7, 11) is 0. The lowest BCUT2D eigenvalue weighted by Crippen LogP contribution is -2.47. The van der Waals surface area contributed by atoms with Crippen LogP contribution in [-0.4, -0.2) is 39.2 Å². The minimum Gasteiger partial charge on any atom is -0.480 e. The molecule has 0 unspecified atom stereocenters. The molecule has 0 spiro atoms. The van der Waals surface area contributed by atoms with Gasteiger partial charge in [0.25, 0.3) is 0 Å². The molecule has 1 amide bonds. The topological polar surface area (TPSA) is 98.0 Å². The Balaban J connectivity index is 2.75. The molecule has 1 aromatic heterocycles. The van der Waals surface area contributed by atoms with Crippen molar-refractivity contribution in [1.82, 2.24) is 15.3 Å². The summed E-state index contributed by atoms with van der Waals surface area (Å²) in [6.07, 6.45) is -4.15. The number of aromatic nitrogens is 2. The van der Waals surface area contributed by atoms with Gasteiger partial charge in [-0.05, 0) is 12.2 Å². The number of alkyl halides is 3. The zero-order valence-electron chi connectivity index (χ0n) is 8.67. The van der Waals surface area contributed by atoms with Crippen LogP contribution in [0.25, 0.3) is 0 Å². The number of aromatic amines is 2. The van der Waals surface area contributed by atoms with E-state index < -0.39 is 24.1 Å². The van der Waals surface area contributed by atoms with E-state index in [9.17, 15) is 22.8 Å². The molecule has 1 heterocycles. The second-order valence-electron chi connectivity index (χ2n) is 3.33. The van der Waals surface area contributed by atoms with Gasteiger partial charge >= 0.3 is 18.1 Å². The first-order valence-electron chi connectivity index (χ1n) is 4.57. The molecule has 0 aromatic carbocycles. The van der Waals surface area contributed by atoms with Crippen molar-refractivity contribution in [2.24, 2.45) is 0 Å². The zero-order valence-corrected chi connectivity index (χ0v) is 9.48. The van der Waals surface area contributed by atoms with Gasteiger partial charge in [-0.3, -0.25) is 4.79 Å². The fourth-order valence-electron chi connectivity index (χ4n) is 1.14. The number of carboxylic acid groups (broad SMARTS) is 1. The van der Waals surface area contributed by atoms with E-state index in [4.69, 9.17) is 5.11 Å². The Bertz CT molecular complexity index is 507. The van der Waals surface area contributed by atoms with E-state index in [1.54, 1.807) is 0 Å². The summed E-state index contributed by atoms with van der Waals surface area (Å²) >= 11 is 4.67. The molecule has 0 saturated carbocycles. The Morgan fingerprint density at radius 2 is 2.11 bits per heavy atom. The summed E-state index contributed by atoms with van der Waals surface area (Å²) in [5.74, 6) is -3.88. The minimum absolute atomic E-state index is 0.205. The SMILES string of the molecule is O=C(O)[C@H](Cc1c[nH]c(=S)[nH]1)NC(=O)C(F)(F)F. The van der Waals surface area contributed by atoms with E-state index >= 15 is 0 Å². The predicted octanol–water partition coefficient (Wildman–Crippen LogP) is 0.746. The fraction of sp³-hybridized carbons (Fsp3) is 0.375. The number of carbonyl (C=O) groups is 2. The van der Waals surface area contributed by atoms with E-state index in [2.05, 4.69) is 22.2 Å². The molecule has 6 nitrogen and oxygen atoms in total. The van der Waals surface area contributed by atoms with Crippen LogP contribution in [-0.2, 0) is 16.0 Å². The minimum atomic E-state index is -5.13. The first kappa shape index (κ1) is 14.2. The predicted molar refractivity (Wildman–Crippen MR) is 55.3 cm³/mol. The second-order valence-corrected chi connectivity index (χ2v) is 3.74. The van der Waals surface area contributed by atoms with E-state index in [0.717, 1.165) is 0 Å². The van der Waals surface area contributed by atoms with Gasteiger partial charge in [0.2, 0.25) is 0 Å². The first-order chi connectivity index (χ1) is 8.20. The quantitative estimate of drug-likeness (QED) is 0.613. The number of carboxylic acids is 1. The highest BCUT2D eigenvalue weighted by molar-refractivity contribution is 7.71. The Labute approximate surface area is 103 Å². The van der Waals surface area contributed by atoms with Crippen LogP contribution in [0.5, 0.6) is 0 Å². The van der Waals surface area contributed by atoms with Gasteiger partial charge in [-0.15, -0.1) is 0 Å². The highest BCUT2D eigenvalue weighted by Gasteiger charge is 2.40. The summed E-state index contributed by atoms with van der Waals surface area (Å²) in [4.78, 5) is 26.4. The highest BCUT2D eigenvalue weighted by Crippen LogP contribution is 2.15. The Morgan fingerprint density at radius 1 is 1.50 bits per heavy atom. The lowest BCUT2D eigenvalue weighted by molar-refractivity contribution is -0.175. The van der Waals surface area contributed by atoms with Crippen LogP contribution in [0.15, 0.2) is 6.20 Å². The summed E-state index contributed by atoms with van der Waals surface area (Å²) < 4.78 is 36.1. The molecule has 0 aliphatic heterocycles. The third-order valence-electron chi connectivity index (χ3n) is 1.94. The molecule has 100 valence electrons. The maximum Gasteiger partial charge on any atom is 0.471 e. The number of carbonyl (C=O) groups excluding carboxylic acids is 1. The number of aliphatic carboxylic acids is 1. The highest BCUT2D eigenvalue weighted by atomic mass is 32.1. The normalized spacial score (nSPS) is 13.1. The van der Waals surface area contributed by atoms with Gasteiger partial charge in [0.15, 0.2) is 4.77 Å². The van der Waals surface area contributed by atoms with Crippen LogP contribution in [0.2, 0.25) is 0 Å². The first-order valence-corrected chi connectivity index (χ1v) is 4.98. The number of hydrogen-bond acceptors (Lipinski definition) is 3. The summed E-state index contributed by atoms with van der Waals surface area (Å²) in [5.41, 5.74) is 0.273. The number of imidazole rings is 1. The molecule has 4 N–H and O–H groups in total. The molecule has 1 rings (SSSR count). The number of amides is 1. The smallest absolute Gasteiger partial charge is 0.471 e. The molecule has 0 saturated heterocycles. The molecule has 0 fully saturated rings. The molecule has 18 heavy (non-hydrogen) atoms. The van der Waals surface area contributed by atoms with E-state index in [0.29, 0.717) is 0 Å². The van der Waals surface area contributed by atoms with Crippen LogP contribution >= 0.6 is 12.2 Å². The number of rotatable bonds is 4. The lowest BCUT2D eigenvalue weighted by Gasteiger charge is -2.14. The Hall–Kier alpha value is -1.84. The van der Waals surface area contributed by atoms with E-state index in [1.807, 2.05) is 0 Å². The molecular weight excluding hydrogens is 275 g/mol. The molecule has 0 aliphatic rings. The van der Waals surface area contributed by atoms with Crippen LogP contribution in [0.1, 0.15) is 5.69 Å². The standard InChI is InChI=1S/C8H8F3N3O3S/c9-8(10,11)6(17)14-4(5(15)16)1-3-2-12-7(18)13-3/h2,4H,1H2,(H,14,17)(H,15,16)(H2,12,13,18)/t4-/m0/s1. The average Bonchev–Trinajstić information content (AvgIpc) is 2.61. The van der Waals surface area contributed by atoms with E-state index in [1.165, 1.54) is 11.5 Å². The monoisotopic (exact) mass is 283 g/mol. The van der Waals surface area contributed by atoms with Gasteiger partial charge in [0.1, 0.15) is 6.04 Å². The number of H-pyrrole nitrogens is 2. The van der Waals surface area contributed by atoms with E-state index in [-0.39, 0.29) is 16.9 Å². The van der Waals surface area contributed by atoms with Gasteiger partial charge in [-0.2, -0.15) is 13.2 Å². The van der Waals surface area contributed by atoms with Gasteiger partial charge in [0.05, 0.1) is 0 Å². The maximum absolute atomic E-state index is 12.0. The summed E-state index contributed by atoms with van der Waals surface area (Å²) in [6, 6.07) is -1.69. The van der Waals surface area contributed by atoms with Gasteiger partial charge in [-0.1, -0.05) is 0 Å². The molecular formula is C8H8F3N3O3S. The largest absolute Gasteiger partial charge is 0.480 e.